The molecule has 1 aliphatic heterocycles. The molecule has 0 bridgehead atoms. The second kappa shape index (κ2) is 5.91. The molecule has 4 nitrogen and oxygen atoms in total. The third-order valence-electron chi connectivity index (χ3n) is 3.34. The largest absolute Gasteiger partial charge is 0.396 e. The summed E-state index contributed by atoms with van der Waals surface area (Å²) in [5, 5.41) is 8.84. The van der Waals surface area contributed by atoms with E-state index in [-0.39, 0.29) is 24.1 Å². The van der Waals surface area contributed by atoms with E-state index in [0.29, 0.717) is 13.0 Å². The van der Waals surface area contributed by atoms with Gasteiger partial charge in [0.25, 0.3) is 5.91 Å². The molecule has 98 valence electrons. The van der Waals surface area contributed by atoms with Crippen molar-refractivity contribution in [3.8, 4) is 0 Å². The number of aromatic nitrogens is 1. The van der Waals surface area contributed by atoms with Crippen LogP contribution < -0.4 is 0 Å². The number of aliphatic hydroxyl groups is 1. The highest BCUT2D eigenvalue weighted by Crippen LogP contribution is 2.24. The van der Waals surface area contributed by atoms with Gasteiger partial charge < -0.3 is 10.0 Å². The van der Waals surface area contributed by atoms with E-state index in [2.05, 4.69) is 4.98 Å². The first-order chi connectivity index (χ1) is 8.74. The molecule has 0 radical (unpaired) electrons. The van der Waals surface area contributed by atoms with Crippen LogP contribution in [0.3, 0.4) is 0 Å². The lowest BCUT2D eigenvalue weighted by Gasteiger charge is -2.24. The van der Waals surface area contributed by atoms with Gasteiger partial charge in [0.2, 0.25) is 0 Å². The van der Waals surface area contributed by atoms with Crippen LogP contribution in [0.4, 0.5) is 4.39 Å². The van der Waals surface area contributed by atoms with Crippen molar-refractivity contribution in [2.24, 2.45) is 0 Å². The number of carbonyl (C=O) groups excluding carboxylic acids is 1. The van der Waals surface area contributed by atoms with E-state index < -0.39 is 5.82 Å². The van der Waals surface area contributed by atoms with Crippen LogP contribution in [0.5, 0.6) is 0 Å². The SMILES string of the molecule is O=C(c1ccncc1F)N1CCCC1CCCO. The molecule has 2 rings (SSSR count). The minimum atomic E-state index is -0.574. The molecule has 1 atom stereocenters. The number of pyridine rings is 1. The topological polar surface area (TPSA) is 53.4 Å². The molecule has 2 heterocycles. The van der Waals surface area contributed by atoms with E-state index >= 15 is 0 Å². The quantitative estimate of drug-likeness (QED) is 0.885. The van der Waals surface area contributed by atoms with E-state index in [1.807, 2.05) is 0 Å². The highest BCUT2D eigenvalue weighted by atomic mass is 19.1. The van der Waals surface area contributed by atoms with Crippen molar-refractivity contribution in [2.75, 3.05) is 13.2 Å². The zero-order valence-electron chi connectivity index (χ0n) is 10.2. The highest BCUT2D eigenvalue weighted by molar-refractivity contribution is 5.94. The predicted octanol–water partition coefficient (Wildman–Crippen LogP) is 1.60. The van der Waals surface area contributed by atoms with Gasteiger partial charge in [-0.2, -0.15) is 0 Å². The first-order valence-corrected chi connectivity index (χ1v) is 6.25. The van der Waals surface area contributed by atoms with Gasteiger partial charge in [0.15, 0.2) is 5.82 Å². The summed E-state index contributed by atoms with van der Waals surface area (Å²) < 4.78 is 13.5. The van der Waals surface area contributed by atoms with Crippen molar-refractivity contribution in [1.29, 1.82) is 0 Å². The Morgan fingerprint density at radius 3 is 3.17 bits per heavy atom. The minimum absolute atomic E-state index is 0.0842. The first-order valence-electron chi connectivity index (χ1n) is 6.25. The van der Waals surface area contributed by atoms with Crippen molar-refractivity contribution < 1.29 is 14.3 Å². The Labute approximate surface area is 105 Å². The Morgan fingerprint density at radius 2 is 2.44 bits per heavy atom. The van der Waals surface area contributed by atoms with Crippen LogP contribution in [0.25, 0.3) is 0 Å². The Hall–Kier alpha value is -1.49. The molecule has 5 heteroatoms. The number of carbonyl (C=O) groups is 1. The molecule has 1 fully saturated rings. The summed E-state index contributed by atoms with van der Waals surface area (Å²) in [6.07, 6.45) is 5.80. The lowest BCUT2D eigenvalue weighted by atomic mass is 10.1. The standard InChI is InChI=1S/C13H17FN2O2/c14-12-9-15-6-5-11(12)13(18)16-7-1-3-10(16)4-2-8-17/h5-6,9-10,17H,1-4,7-8H2. The normalized spacial score (nSPS) is 19.2. The summed E-state index contributed by atoms with van der Waals surface area (Å²) in [5.74, 6) is -0.842. The lowest BCUT2D eigenvalue weighted by Crippen LogP contribution is -2.36. The van der Waals surface area contributed by atoms with Crippen molar-refractivity contribution >= 4 is 5.91 Å². The molecular weight excluding hydrogens is 235 g/mol. The number of aliphatic hydroxyl groups excluding tert-OH is 1. The number of hydrogen-bond donors (Lipinski definition) is 1. The maximum atomic E-state index is 13.5. The van der Waals surface area contributed by atoms with Gasteiger partial charge in [-0.25, -0.2) is 4.39 Å². The van der Waals surface area contributed by atoms with E-state index in [4.69, 9.17) is 5.11 Å². The molecule has 0 saturated carbocycles. The van der Waals surface area contributed by atoms with Gasteiger partial charge in [-0.3, -0.25) is 9.78 Å². The van der Waals surface area contributed by atoms with E-state index in [1.165, 1.54) is 12.3 Å². The highest BCUT2D eigenvalue weighted by Gasteiger charge is 2.30. The van der Waals surface area contributed by atoms with Crippen molar-refractivity contribution in [2.45, 2.75) is 31.7 Å². The van der Waals surface area contributed by atoms with Gasteiger partial charge in [-0.05, 0) is 31.7 Å². The van der Waals surface area contributed by atoms with Gasteiger partial charge in [0.1, 0.15) is 0 Å². The predicted molar refractivity (Wildman–Crippen MR) is 64.6 cm³/mol. The van der Waals surface area contributed by atoms with Crippen LogP contribution in [0.15, 0.2) is 18.5 Å². The Kier molecular flexibility index (Phi) is 4.25. The molecular formula is C13H17FN2O2. The monoisotopic (exact) mass is 252 g/mol. The van der Waals surface area contributed by atoms with Gasteiger partial charge in [0, 0.05) is 25.4 Å². The fourth-order valence-electron chi connectivity index (χ4n) is 2.43. The average molecular weight is 252 g/mol. The fraction of sp³-hybridized carbons (Fsp3) is 0.538. The second-order valence-electron chi connectivity index (χ2n) is 4.52. The molecule has 1 N–H and O–H groups in total. The van der Waals surface area contributed by atoms with Crippen LogP contribution >= 0.6 is 0 Å². The number of nitrogens with zero attached hydrogens (tertiary/aromatic N) is 2. The van der Waals surface area contributed by atoms with E-state index in [9.17, 15) is 9.18 Å². The molecule has 0 aromatic carbocycles. The maximum absolute atomic E-state index is 13.5. The molecule has 0 spiro atoms. The minimum Gasteiger partial charge on any atom is -0.396 e. The van der Waals surface area contributed by atoms with Gasteiger partial charge in [-0.15, -0.1) is 0 Å². The molecule has 1 aromatic rings. The van der Waals surface area contributed by atoms with Crippen molar-refractivity contribution in [3.05, 3.63) is 29.8 Å². The zero-order chi connectivity index (χ0) is 13.0. The van der Waals surface area contributed by atoms with Crippen LogP contribution in [0.1, 0.15) is 36.0 Å². The Balaban J connectivity index is 2.10. The summed E-state index contributed by atoms with van der Waals surface area (Å²) in [6.45, 7) is 0.791. The molecule has 1 saturated heterocycles. The zero-order valence-corrected chi connectivity index (χ0v) is 10.2. The third-order valence-corrected chi connectivity index (χ3v) is 3.34. The van der Waals surface area contributed by atoms with Gasteiger partial charge in [-0.1, -0.05) is 0 Å². The summed E-state index contributed by atoms with van der Waals surface area (Å²) in [6, 6.07) is 1.54. The summed E-state index contributed by atoms with van der Waals surface area (Å²) in [7, 11) is 0. The Morgan fingerprint density at radius 1 is 1.61 bits per heavy atom. The summed E-state index contributed by atoms with van der Waals surface area (Å²) in [5.41, 5.74) is 0.0842. The fourth-order valence-corrected chi connectivity index (χ4v) is 2.43. The summed E-state index contributed by atoms with van der Waals surface area (Å²) in [4.78, 5) is 17.6. The maximum Gasteiger partial charge on any atom is 0.257 e. The number of amides is 1. The molecule has 1 amide bonds. The Bertz CT molecular complexity index is 425. The molecule has 0 aliphatic carbocycles. The number of hydrogen-bond acceptors (Lipinski definition) is 3. The smallest absolute Gasteiger partial charge is 0.257 e. The van der Waals surface area contributed by atoms with Gasteiger partial charge >= 0.3 is 0 Å². The lowest BCUT2D eigenvalue weighted by molar-refractivity contribution is 0.0719. The molecule has 1 aliphatic rings. The van der Waals surface area contributed by atoms with Crippen LogP contribution in [-0.4, -0.2) is 40.1 Å². The average Bonchev–Trinajstić information content (AvgIpc) is 2.84. The van der Waals surface area contributed by atoms with Gasteiger partial charge in [0.05, 0.1) is 11.8 Å². The molecule has 18 heavy (non-hydrogen) atoms. The van der Waals surface area contributed by atoms with Crippen molar-refractivity contribution in [3.63, 3.8) is 0 Å². The number of rotatable bonds is 4. The number of halogens is 1. The van der Waals surface area contributed by atoms with E-state index in [1.54, 1.807) is 4.90 Å². The third kappa shape index (κ3) is 2.67. The van der Waals surface area contributed by atoms with Crippen LogP contribution in [0, 0.1) is 5.82 Å². The van der Waals surface area contributed by atoms with Crippen LogP contribution in [0.2, 0.25) is 0 Å². The molecule has 1 unspecified atom stereocenters. The first kappa shape index (κ1) is 13.0. The second-order valence-corrected chi connectivity index (χ2v) is 4.52. The molecule has 1 aromatic heterocycles. The summed E-state index contributed by atoms with van der Waals surface area (Å²) >= 11 is 0. The van der Waals surface area contributed by atoms with Crippen molar-refractivity contribution in [1.82, 2.24) is 9.88 Å². The number of likely N-dealkylation sites (tertiary alicyclic amines) is 1. The van der Waals surface area contributed by atoms with Crippen LogP contribution in [-0.2, 0) is 0 Å². The van der Waals surface area contributed by atoms with E-state index in [0.717, 1.165) is 25.5 Å².